The van der Waals surface area contributed by atoms with Crippen LogP contribution in [0.15, 0.2) is 29.1 Å². The van der Waals surface area contributed by atoms with Crippen molar-refractivity contribution >= 4 is 61.4 Å². The van der Waals surface area contributed by atoms with Crippen molar-refractivity contribution in [3.05, 3.63) is 66.3 Å². The van der Waals surface area contributed by atoms with Crippen molar-refractivity contribution in [2.45, 2.75) is 27.3 Å². The summed E-state index contributed by atoms with van der Waals surface area (Å²) < 4.78 is 5.32. The smallest absolute Gasteiger partial charge is 0.341 e. The van der Waals surface area contributed by atoms with Gasteiger partial charge in [0.15, 0.2) is 0 Å². The average Bonchev–Trinajstić information content (AvgIpc) is 3.30. The zero-order valence-corrected chi connectivity index (χ0v) is 22.8. The van der Waals surface area contributed by atoms with Crippen LogP contribution in [0, 0.1) is 13.8 Å². The fourth-order valence-corrected chi connectivity index (χ4v) is 6.22. The maximum atomic E-state index is 13.4. The van der Waals surface area contributed by atoms with Crippen LogP contribution in [0.2, 0.25) is 5.02 Å². The Bertz CT molecular complexity index is 1520. The van der Waals surface area contributed by atoms with Crippen molar-refractivity contribution < 1.29 is 14.3 Å². The summed E-state index contributed by atoms with van der Waals surface area (Å²) in [6.07, 6.45) is 0. The molecule has 0 radical (unpaired) electrons. The molecule has 1 aromatic carbocycles. The molecule has 0 saturated carbocycles. The largest absolute Gasteiger partial charge is 0.462 e. The monoisotopic (exact) mass is 544 g/mol. The molecule has 4 aromatic rings. The number of nitrogens with zero attached hydrogens (tertiary/aromatic N) is 2. The third kappa shape index (κ3) is 5.08. The Hall–Kier alpha value is -3.05. The number of rotatable bonds is 7. The number of aryl methyl sites for hydroxylation is 2. The van der Waals surface area contributed by atoms with Gasteiger partial charge in [-0.15, -0.1) is 22.7 Å². The normalized spacial score (nSPS) is 11.3. The lowest BCUT2D eigenvalue weighted by Gasteiger charge is -2.09. The molecule has 0 unspecified atom stereocenters. The second-order valence-corrected chi connectivity index (χ2v) is 11.1. The van der Waals surface area contributed by atoms with Crippen LogP contribution < -0.4 is 10.9 Å². The zero-order valence-electron chi connectivity index (χ0n) is 20.4. The van der Waals surface area contributed by atoms with Gasteiger partial charge in [-0.2, -0.15) is 0 Å². The summed E-state index contributed by atoms with van der Waals surface area (Å²) in [7, 11) is 3.76. The van der Waals surface area contributed by atoms with E-state index in [4.69, 9.17) is 16.3 Å². The number of nitrogens with one attached hydrogen (secondary N) is 2. The third-order valence-electron chi connectivity index (χ3n) is 5.45. The summed E-state index contributed by atoms with van der Waals surface area (Å²) in [6, 6.07) is 7.14. The highest BCUT2D eigenvalue weighted by Crippen LogP contribution is 2.41. The lowest BCUT2D eigenvalue weighted by Crippen LogP contribution is -2.18. The summed E-state index contributed by atoms with van der Waals surface area (Å²) in [5.41, 5.74) is 2.03. The molecule has 0 atom stereocenters. The molecule has 2 N–H and O–H groups in total. The number of thiophene rings is 2. The molecule has 1 amide bonds. The van der Waals surface area contributed by atoms with Gasteiger partial charge in [-0.3, -0.25) is 9.59 Å². The maximum absolute atomic E-state index is 13.4. The Kier molecular flexibility index (Phi) is 7.60. The van der Waals surface area contributed by atoms with Crippen LogP contribution in [-0.2, 0) is 11.3 Å². The number of ether oxygens (including phenoxy) is 1. The number of anilines is 1. The van der Waals surface area contributed by atoms with Gasteiger partial charge in [0.25, 0.3) is 11.5 Å². The minimum absolute atomic E-state index is 0.195. The Morgan fingerprint density at radius 3 is 2.50 bits per heavy atom. The summed E-state index contributed by atoms with van der Waals surface area (Å²) in [4.78, 5) is 50.0. The van der Waals surface area contributed by atoms with E-state index in [0.29, 0.717) is 48.6 Å². The number of H-pyrrole nitrogens is 1. The van der Waals surface area contributed by atoms with E-state index in [1.807, 2.05) is 38.1 Å². The van der Waals surface area contributed by atoms with Gasteiger partial charge >= 0.3 is 5.97 Å². The van der Waals surface area contributed by atoms with Gasteiger partial charge in [-0.25, -0.2) is 9.78 Å². The van der Waals surface area contributed by atoms with E-state index >= 15 is 0 Å². The molecule has 36 heavy (non-hydrogen) atoms. The quantitative estimate of drug-likeness (QED) is 0.299. The SMILES string of the molecule is CCOC(=O)c1c(NC(=O)c2sc3nc(CN(C)C)[nH]c(=O)c3c2C)sc(C)c1-c1ccc(Cl)cc1. The number of benzene rings is 1. The van der Waals surface area contributed by atoms with E-state index in [-0.39, 0.29) is 17.7 Å². The first-order chi connectivity index (χ1) is 17.1. The molecule has 4 rings (SSSR count). The topological polar surface area (TPSA) is 104 Å². The van der Waals surface area contributed by atoms with Crippen molar-refractivity contribution in [3.63, 3.8) is 0 Å². The second-order valence-electron chi connectivity index (χ2n) is 8.41. The molecular formula is C25H25ClN4O4S2. The number of halogens is 1. The molecule has 0 aliphatic rings. The average molecular weight is 545 g/mol. The molecule has 11 heteroatoms. The number of aromatic amines is 1. The molecule has 0 spiro atoms. The predicted molar refractivity (Wildman–Crippen MR) is 146 cm³/mol. The van der Waals surface area contributed by atoms with Gasteiger partial charge in [0, 0.05) is 15.5 Å². The van der Waals surface area contributed by atoms with E-state index in [2.05, 4.69) is 15.3 Å². The van der Waals surface area contributed by atoms with E-state index < -0.39 is 11.9 Å². The highest BCUT2D eigenvalue weighted by atomic mass is 35.5. The molecular weight excluding hydrogens is 520 g/mol. The summed E-state index contributed by atoms with van der Waals surface area (Å²) in [5.74, 6) is -0.420. The number of carbonyl (C=O) groups is 2. The first kappa shape index (κ1) is 26.0. The van der Waals surface area contributed by atoms with Gasteiger partial charge in [-0.1, -0.05) is 23.7 Å². The summed E-state index contributed by atoms with van der Waals surface area (Å²) >= 11 is 8.49. The van der Waals surface area contributed by atoms with Crippen LogP contribution in [0.3, 0.4) is 0 Å². The van der Waals surface area contributed by atoms with Crippen LogP contribution in [0.25, 0.3) is 21.3 Å². The van der Waals surface area contributed by atoms with Crippen molar-refractivity contribution in [2.75, 3.05) is 26.0 Å². The third-order valence-corrected chi connectivity index (χ3v) is 7.90. The number of amides is 1. The minimum atomic E-state index is -0.526. The second kappa shape index (κ2) is 10.5. The Morgan fingerprint density at radius 2 is 1.86 bits per heavy atom. The zero-order chi connectivity index (χ0) is 26.1. The number of hydrogen-bond donors (Lipinski definition) is 2. The van der Waals surface area contributed by atoms with Crippen molar-refractivity contribution in [3.8, 4) is 11.1 Å². The molecule has 0 aliphatic heterocycles. The van der Waals surface area contributed by atoms with E-state index in [1.54, 1.807) is 26.0 Å². The fraction of sp³-hybridized carbons (Fsp3) is 0.280. The number of fused-ring (bicyclic) bond motifs is 1. The Balaban J connectivity index is 1.76. The lowest BCUT2D eigenvalue weighted by atomic mass is 10.0. The number of aromatic nitrogens is 2. The first-order valence-corrected chi connectivity index (χ1v) is 13.2. The molecule has 0 bridgehead atoms. The van der Waals surface area contributed by atoms with Crippen LogP contribution >= 0.6 is 34.3 Å². The van der Waals surface area contributed by atoms with E-state index in [9.17, 15) is 14.4 Å². The number of carbonyl (C=O) groups excluding carboxylic acids is 2. The molecule has 0 aliphatic carbocycles. The molecule has 3 heterocycles. The van der Waals surface area contributed by atoms with Crippen LogP contribution in [0.5, 0.6) is 0 Å². The van der Waals surface area contributed by atoms with Gasteiger partial charge in [-0.05, 0) is 58.1 Å². The Labute approximate surface area is 220 Å². The summed E-state index contributed by atoms with van der Waals surface area (Å²) in [5, 5.41) is 4.24. The molecule has 0 saturated heterocycles. The van der Waals surface area contributed by atoms with Crippen LogP contribution in [-0.4, -0.2) is 47.4 Å². The van der Waals surface area contributed by atoms with Crippen LogP contribution in [0.4, 0.5) is 5.00 Å². The lowest BCUT2D eigenvalue weighted by molar-refractivity contribution is 0.0529. The van der Waals surface area contributed by atoms with Crippen LogP contribution in [0.1, 0.15) is 43.2 Å². The van der Waals surface area contributed by atoms with Gasteiger partial charge in [0.1, 0.15) is 21.2 Å². The van der Waals surface area contributed by atoms with Crippen molar-refractivity contribution in [1.82, 2.24) is 14.9 Å². The number of esters is 1. The fourth-order valence-electron chi connectivity index (χ4n) is 3.93. The highest BCUT2D eigenvalue weighted by Gasteiger charge is 2.27. The summed E-state index contributed by atoms with van der Waals surface area (Å²) in [6.45, 7) is 6.00. The number of hydrogen-bond acceptors (Lipinski definition) is 8. The van der Waals surface area contributed by atoms with Crippen molar-refractivity contribution in [1.29, 1.82) is 0 Å². The van der Waals surface area contributed by atoms with Crippen molar-refractivity contribution in [2.24, 2.45) is 0 Å². The standard InChI is InChI=1S/C25H25ClN4O4S2/c1-6-34-25(33)19-18(14-7-9-15(26)10-8-14)13(3)35-24(19)29-22(32)20-12(2)17-21(31)27-16(11-30(4)5)28-23(17)36-20/h7-10H,6,11H2,1-5H3,(H,29,32)(H,27,28,31). The predicted octanol–water partition coefficient (Wildman–Crippen LogP) is 5.47. The molecule has 3 aromatic heterocycles. The molecule has 8 nitrogen and oxygen atoms in total. The highest BCUT2D eigenvalue weighted by molar-refractivity contribution is 7.21. The molecule has 188 valence electrons. The molecule has 0 fully saturated rings. The van der Waals surface area contributed by atoms with E-state index in [0.717, 1.165) is 21.8 Å². The van der Waals surface area contributed by atoms with Gasteiger partial charge in [0.2, 0.25) is 0 Å². The Morgan fingerprint density at radius 1 is 1.17 bits per heavy atom. The van der Waals surface area contributed by atoms with E-state index in [1.165, 1.54) is 11.3 Å². The maximum Gasteiger partial charge on any atom is 0.341 e. The minimum Gasteiger partial charge on any atom is -0.462 e. The van der Waals surface area contributed by atoms with Gasteiger partial charge in [0.05, 0.1) is 23.4 Å². The first-order valence-electron chi connectivity index (χ1n) is 11.2. The van der Waals surface area contributed by atoms with Gasteiger partial charge < -0.3 is 19.9 Å².